The third-order valence-corrected chi connectivity index (χ3v) is 3.75. The molecular formula is C13H26N2O3S. The lowest BCUT2D eigenvalue weighted by molar-refractivity contribution is -0.144. The number of amides is 1. The first-order chi connectivity index (χ1) is 8.82. The second-order valence-corrected chi connectivity index (χ2v) is 6.09. The van der Waals surface area contributed by atoms with E-state index in [0.717, 1.165) is 6.42 Å². The van der Waals surface area contributed by atoms with E-state index in [-0.39, 0.29) is 17.4 Å². The Bertz CT molecular complexity index is 296. The van der Waals surface area contributed by atoms with Crippen molar-refractivity contribution in [2.24, 2.45) is 5.73 Å². The number of ether oxygens (including phenoxy) is 1. The van der Waals surface area contributed by atoms with Crippen molar-refractivity contribution in [2.45, 2.75) is 52.1 Å². The average molecular weight is 290 g/mol. The lowest BCUT2D eigenvalue weighted by Gasteiger charge is -2.24. The van der Waals surface area contributed by atoms with Gasteiger partial charge in [0.15, 0.2) is 0 Å². The van der Waals surface area contributed by atoms with Crippen LogP contribution in [-0.2, 0) is 14.3 Å². The van der Waals surface area contributed by atoms with Gasteiger partial charge in [-0.25, -0.2) is 0 Å². The van der Waals surface area contributed by atoms with E-state index in [9.17, 15) is 9.59 Å². The second kappa shape index (κ2) is 9.20. The number of thioether (sulfide) groups is 1. The maximum Gasteiger partial charge on any atom is 0.322 e. The fourth-order valence-corrected chi connectivity index (χ4v) is 2.07. The van der Waals surface area contributed by atoms with E-state index < -0.39 is 6.04 Å². The molecule has 0 radical (unpaired) electrons. The first kappa shape index (κ1) is 18.2. The molecule has 0 saturated carbocycles. The van der Waals surface area contributed by atoms with Crippen LogP contribution in [0.1, 0.15) is 40.5 Å². The number of carbonyl (C=O) groups is 2. The van der Waals surface area contributed by atoms with Gasteiger partial charge in [-0.15, -0.1) is 0 Å². The van der Waals surface area contributed by atoms with E-state index >= 15 is 0 Å². The van der Waals surface area contributed by atoms with E-state index in [1.807, 2.05) is 20.8 Å². The molecule has 0 aromatic rings. The van der Waals surface area contributed by atoms with Gasteiger partial charge in [-0.2, -0.15) is 11.8 Å². The first-order valence-electron chi connectivity index (χ1n) is 6.63. The maximum atomic E-state index is 11.6. The molecule has 0 spiro atoms. The number of esters is 1. The van der Waals surface area contributed by atoms with Gasteiger partial charge in [0.2, 0.25) is 5.91 Å². The Balaban J connectivity index is 3.75. The highest BCUT2D eigenvalue weighted by Crippen LogP contribution is 2.09. The molecule has 0 aromatic heterocycles. The molecule has 1 amide bonds. The number of carbonyl (C=O) groups excluding carboxylic acids is 2. The van der Waals surface area contributed by atoms with Crippen LogP contribution in [0.3, 0.4) is 0 Å². The highest BCUT2D eigenvalue weighted by atomic mass is 32.2. The summed E-state index contributed by atoms with van der Waals surface area (Å²) in [5, 5.41) is 2.95. The van der Waals surface area contributed by atoms with Gasteiger partial charge in [-0.05, 0) is 39.4 Å². The number of nitrogens with two attached hydrogens (primary N) is 1. The molecule has 0 bridgehead atoms. The Morgan fingerprint density at radius 1 is 1.37 bits per heavy atom. The molecular weight excluding hydrogens is 264 g/mol. The Kier molecular flexibility index (Phi) is 8.84. The minimum Gasteiger partial charge on any atom is -0.465 e. The minimum atomic E-state index is -0.595. The van der Waals surface area contributed by atoms with Gasteiger partial charge < -0.3 is 15.8 Å². The van der Waals surface area contributed by atoms with E-state index in [0.29, 0.717) is 24.5 Å². The topological polar surface area (TPSA) is 81.4 Å². The summed E-state index contributed by atoms with van der Waals surface area (Å²) in [6, 6.07) is -0.595. The standard InChI is InChI=1S/C13H26N2O3S/c1-5-13(3,4)15-11(16)9-19-8-7-10(14)12(17)18-6-2/h10H,5-9,14H2,1-4H3,(H,15,16). The first-order valence-corrected chi connectivity index (χ1v) is 7.78. The van der Waals surface area contributed by atoms with E-state index in [4.69, 9.17) is 10.5 Å². The van der Waals surface area contributed by atoms with Crippen LogP contribution < -0.4 is 11.1 Å². The average Bonchev–Trinajstić information content (AvgIpc) is 2.34. The summed E-state index contributed by atoms with van der Waals surface area (Å²) >= 11 is 1.48. The fourth-order valence-electron chi connectivity index (χ4n) is 1.24. The van der Waals surface area contributed by atoms with Gasteiger partial charge in [-0.1, -0.05) is 6.92 Å². The van der Waals surface area contributed by atoms with Crippen LogP contribution >= 0.6 is 11.8 Å². The summed E-state index contributed by atoms with van der Waals surface area (Å²) in [5.74, 6) is 0.695. The third-order valence-electron chi connectivity index (χ3n) is 2.76. The van der Waals surface area contributed by atoms with Crippen molar-refractivity contribution in [3.8, 4) is 0 Å². The molecule has 1 unspecified atom stereocenters. The van der Waals surface area contributed by atoms with Crippen LogP contribution in [-0.4, -0.2) is 41.6 Å². The van der Waals surface area contributed by atoms with Gasteiger partial charge in [0, 0.05) is 5.54 Å². The molecule has 19 heavy (non-hydrogen) atoms. The summed E-state index contributed by atoms with van der Waals surface area (Å²) in [7, 11) is 0. The van der Waals surface area contributed by atoms with E-state index in [2.05, 4.69) is 5.32 Å². The van der Waals surface area contributed by atoms with E-state index in [1.54, 1.807) is 6.92 Å². The van der Waals surface area contributed by atoms with Crippen molar-refractivity contribution in [1.82, 2.24) is 5.32 Å². The predicted molar refractivity (Wildman–Crippen MR) is 79.1 cm³/mol. The Morgan fingerprint density at radius 3 is 2.53 bits per heavy atom. The van der Waals surface area contributed by atoms with Crippen LogP contribution in [0.5, 0.6) is 0 Å². The molecule has 0 aromatic carbocycles. The van der Waals surface area contributed by atoms with Crippen molar-refractivity contribution < 1.29 is 14.3 Å². The summed E-state index contributed by atoms with van der Waals surface area (Å²) in [5.41, 5.74) is 5.49. The Labute approximate surface area is 120 Å². The number of hydrogen-bond acceptors (Lipinski definition) is 5. The van der Waals surface area contributed by atoms with Gasteiger partial charge in [-0.3, -0.25) is 9.59 Å². The minimum absolute atomic E-state index is 0.0153. The van der Waals surface area contributed by atoms with Crippen LogP contribution in [0.15, 0.2) is 0 Å². The van der Waals surface area contributed by atoms with Gasteiger partial charge >= 0.3 is 5.97 Å². The van der Waals surface area contributed by atoms with Crippen molar-refractivity contribution >= 4 is 23.6 Å². The van der Waals surface area contributed by atoms with Crippen LogP contribution in [0.25, 0.3) is 0 Å². The molecule has 6 heteroatoms. The maximum absolute atomic E-state index is 11.6. The Morgan fingerprint density at radius 2 is 2.00 bits per heavy atom. The summed E-state index contributed by atoms with van der Waals surface area (Å²) < 4.78 is 4.81. The lowest BCUT2D eigenvalue weighted by atomic mass is 10.0. The quantitative estimate of drug-likeness (QED) is 0.494. The monoisotopic (exact) mass is 290 g/mol. The van der Waals surface area contributed by atoms with Gasteiger partial charge in [0.05, 0.1) is 12.4 Å². The predicted octanol–water partition coefficient (Wildman–Crippen LogP) is 1.30. The fraction of sp³-hybridized carbons (Fsp3) is 0.846. The van der Waals surface area contributed by atoms with Crippen LogP contribution in [0.4, 0.5) is 0 Å². The Hall–Kier alpha value is -0.750. The van der Waals surface area contributed by atoms with Crippen molar-refractivity contribution in [3.05, 3.63) is 0 Å². The number of nitrogens with one attached hydrogen (secondary N) is 1. The van der Waals surface area contributed by atoms with Crippen molar-refractivity contribution in [1.29, 1.82) is 0 Å². The summed E-state index contributed by atoms with van der Waals surface area (Å²) in [4.78, 5) is 22.9. The summed E-state index contributed by atoms with van der Waals surface area (Å²) in [6.07, 6.45) is 1.41. The zero-order valence-corrected chi connectivity index (χ0v) is 13.1. The van der Waals surface area contributed by atoms with E-state index in [1.165, 1.54) is 11.8 Å². The van der Waals surface area contributed by atoms with Crippen molar-refractivity contribution in [2.75, 3.05) is 18.1 Å². The normalized spacial score (nSPS) is 12.9. The second-order valence-electron chi connectivity index (χ2n) is 4.99. The smallest absolute Gasteiger partial charge is 0.322 e. The van der Waals surface area contributed by atoms with Gasteiger partial charge in [0.25, 0.3) is 0 Å². The highest BCUT2D eigenvalue weighted by Gasteiger charge is 2.18. The SMILES string of the molecule is CCOC(=O)C(N)CCSCC(=O)NC(C)(C)CC. The summed E-state index contributed by atoms with van der Waals surface area (Å²) in [6.45, 7) is 8.11. The molecule has 3 N–H and O–H groups in total. The zero-order valence-electron chi connectivity index (χ0n) is 12.3. The molecule has 112 valence electrons. The third kappa shape index (κ3) is 8.88. The highest BCUT2D eigenvalue weighted by molar-refractivity contribution is 7.99. The van der Waals surface area contributed by atoms with Crippen molar-refractivity contribution in [3.63, 3.8) is 0 Å². The number of hydrogen-bond donors (Lipinski definition) is 2. The molecule has 0 aliphatic carbocycles. The molecule has 1 atom stereocenters. The molecule has 0 rings (SSSR count). The van der Waals surface area contributed by atoms with Crippen LogP contribution in [0.2, 0.25) is 0 Å². The van der Waals surface area contributed by atoms with Gasteiger partial charge in [0.1, 0.15) is 6.04 Å². The molecule has 0 saturated heterocycles. The molecule has 0 aliphatic rings. The molecule has 0 aliphatic heterocycles. The molecule has 0 fully saturated rings. The lowest BCUT2D eigenvalue weighted by Crippen LogP contribution is -2.43. The zero-order chi connectivity index (χ0) is 14.9. The number of rotatable bonds is 9. The van der Waals surface area contributed by atoms with Crippen LogP contribution in [0, 0.1) is 0 Å². The largest absolute Gasteiger partial charge is 0.465 e. The molecule has 0 heterocycles. The molecule has 5 nitrogen and oxygen atoms in total.